The molecule has 0 aromatic carbocycles. The van der Waals surface area contributed by atoms with Gasteiger partial charge in [-0.15, -0.1) is 0 Å². The van der Waals surface area contributed by atoms with Crippen molar-refractivity contribution >= 4 is 21.6 Å². The Labute approximate surface area is 127 Å². The summed E-state index contributed by atoms with van der Waals surface area (Å²) in [6.07, 6.45) is 2.81. The van der Waals surface area contributed by atoms with Crippen LogP contribution < -0.4 is 15.8 Å². The molecule has 0 unspecified atom stereocenters. The topological polar surface area (TPSA) is 59.4 Å². The number of anilines is 1. The Balaban J connectivity index is 2.26. The molecule has 112 valence electrons. The molecule has 0 saturated carbocycles. The average Bonchev–Trinajstić information content (AvgIpc) is 2.38. The van der Waals surface area contributed by atoms with E-state index in [4.69, 9.17) is 4.74 Å². The van der Waals surface area contributed by atoms with Crippen LogP contribution in [0.2, 0.25) is 0 Å². The molecular formula is C13H21BrN4O2. The number of ether oxygens (including phenoxy) is 1. The summed E-state index contributed by atoms with van der Waals surface area (Å²) in [5.74, 6) is 0. The van der Waals surface area contributed by atoms with Crippen molar-refractivity contribution < 1.29 is 4.74 Å². The van der Waals surface area contributed by atoms with E-state index in [-0.39, 0.29) is 5.56 Å². The predicted octanol–water partition coefficient (Wildman–Crippen LogP) is 0.840. The van der Waals surface area contributed by atoms with Crippen molar-refractivity contribution in [1.82, 2.24) is 15.1 Å². The van der Waals surface area contributed by atoms with Crippen LogP contribution in [0.5, 0.6) is 0 Å². The Morgan fingerprint density at radius 2 is 2.35 bits per heavy atom. The van der Waals surface area contributed by atoms with E-state index in [1.54, 1.807) is 13.3 Å². The SMILES string of the molecule is CCCN(c1cnn(CCOC)c(=O)c1Br)C1CNC1. The molecular weight excluding hydrogens is 324 g/mol. The van der Waals surface area contributed by atoms with Crippen molar-refractivity contribution in [1.29, 1.82) is 0 Å². The third-order valence-corrected chi connectivity index (χ3v) is 4.19. The van der Waals surface area contributed by atoms with Crippen LogP contribution in [-0.2, 0) is 11.3 Å². The monoisotopic (exact) mass is 344 g/mol. The highest BCUT2D eigenvalue weighted by molar-refractivity contribution is 9.10. The van der Waals surface area contributed by atoms with Gasteiger partial charge >= 0.3 is 0 Å². The molecule has 6 nitrogen and oxygen atoms in total. The molecule has 1 aromatic rings. The zero-order valence-corrected chi connectivity index (χ0v) is 13.5. The van der Waals surface area contributed by atoms with E-state index >= 15 is 0 Å². The van der Waals surface area contributed by atoms with Crippen molar-refractivity contribution in [3.05, 3.63) is 21.0 Å². The number of hydrogen-bond acceptors (Lipinski definition) is 5. The van der Waals surface area contributed by atoms with Gasteiger partial charge in [-0.3, -0.25) is 4.79 Å². The fourth-order valence-electron chi connectivity index (χ4n) is 2.23. The number of nitrogens with zero attached hydrogens (tertiary/aromatic N) is 3. The van der Waals surface area contributed by atoms with Gasteiger partial charge in [-0.05, 0) is 22.4 Å². The summed E-state index contributed by atoms with van der Waals surface area (Å²) in [5, 5.41) is 7.52. The standard InChI is InChI=1S/C13H21BrN4O2/c1-3-4-17(10-7-15-8-10)11-9-16-18(5-6-20-2)13(19)12(11)14/h9-10,15H,3-8H2,1-2H3. The van der Waals surface area contributed by atoms with Gasteiger partial charge in [-0.25, -0.2) is 4.68 Å². The molecule has 0 radical (unpaired) electrons. The molecule has 1 saturated heterocycles. The van der Waals surface area contributed by atoms with Gasteiger partial charge in [-0.1, -0.05) is 6.92 Å². The highest BCUT2D eigenvalue weighted by Crippen LogP contribution is 2.25. The molecule has 1 aliphatic rings. The largest absolute Gasteiger partial charge is 0.383 e. The maximum Gasteiger partial charge on any atom is 0.283 e. The highest BCUT2D eigenvalue weighted by atomic mass is 79.9. The van der Waals surface area contributed by atoms with Crippen LogP contribution in [0.15, 0.2) is 15.5 Å². The fraction of sp³-hybridized carbons (Fsp3) is 0.692. The first-order chi connectivity index (χ1) is 9.69. The Bertz CT molecular complexity index is 502. The van der Waals surface area contributed by atoms with Gasteiger partial charge in [0.05, 0.1) is 31.1 Å². The summed E-state index contributed by atoms with van der Waals surface area (Å²) in [5.41, 5.74) is 0.782. The number of rotatable bonds is 7. The van der Waals surface area contributed by atoms with Gasteiger partial charge in [0, 0.05) is 26.7 Å². The summed E-state index contributed by atoms with van der Waals surface area (Å²) in [4.78, 5) is 14.5. The van der Waals surface area contributed by atoms with E-state index < -0.39 is 0 Å². The van der Waals surface area contributed by atoms with Crippen molar-refractivity contribution in [2.24, 2.45) is 0 Å². The lowest BCUT2D eigenvalue weighted by molar-refractivity contribution is 0.181. The molecule has 7 heteroatoms. The van der Waals surface area contributed by atoms with Gasteiger partial charge in [0.1, 0.15) is 4.47 Å². The van der Waals surface area contributed by atoms with Crippen molar-refractivity contribution in [2.75, 3.05) is 38.3 Å². The fourth-order valence-corrected chi connectivity index (χ4v) is 2.76. The second kappa shape index (κ2) is 7.19. The molecule has 0 spiro atoms. The second-order valence-corrected chi connectivity index (χ2v) is 5.66. The van der Waals surface area contributed by atoms with Crippen LogP contribution in [0.1, 0.15) is 13.3 Å². The Hall–Kier alpha value is -0.920. The van der Waals surface area contributed by atoms with Crippen molar-refractivity contribution in [2.45, 2.75) is 25.9 Å². The summed E-state index contributed by atoms with van der Waals surface area (Å²) in [6.45, 7) is 5.92. The van der Waals surface area contributed by atoms with E-state index in [0.717, 1.165) is 31.7 Å². The van der Waals surface area contributed by atoms with E-state index in [1.165, 1.54) is 4.68 Å². The first-order valence-corrected chi connectivity index (χ1v) is 7.70. The smallest absolute Gasteiger partial charge is 0.283 e. The molecule has 20 heavy (non-hydrogen) atoms. The number of aromatic nitrogens is 2. The maximum atomic E-state index is 12.3. The number of halogens is 1. The Morgan fingerprint density at radius 3 is 2.90 bits per heavy atom. The van der Waals surface area contributed by atoms with Crippen LogP contribution >= 0.6 is 15.9 Å². The summed E-state index contributed by atoms with van der Waals surface area (Å²) in [7, 11) is 1.61. The molecule has 0 aliphatic carbocycles. The summed E-state index contributed by atoms with van der Waals surface area (Å²) in [6, 6.07) is 0.447. The molecule has 1 fully saturated rings. The Kier molecular flexibility index (Phi) is 5.56. The van der Waals surface area contributed by atoms with Gasteiger partial charge in [0.25, 0.3) is 5.56 Å². The summed E-state index contributed by atoms with van der Waals surface area (Å²) < 4.78 is 7.01. The molecule has 1 aliphatic heterocycles. The molecule has 1 N–H and O–H groups in total. The molecule has 0 bridgehead atoms. The van der Waals surface area contributed by atoms with Crippen LogP contribution in [-0.4, -0.2) is 49.2 Å². The van der Waals surface area contributed by atoms with Crippen LogP contribution in [0.25, 0.3) is 0 Å². The second-order valence-electron chi connectivity index (χ2n) is 4.87. The first kappa shape index (κ1) is 15.5. The maximum absolute atomic E-state index is 12.3. The van der Waals surface area contributed by atoms with Crippen LogP contribution in [0, 0.1) is 0 Å². The zero-order chi connectivity index (χ0) is 14.5. The van der Waals surface area contributed by atoms with E-state index in [2.05, 4.69) is 38.2 Å². The Morgan fingerprint density at radius 1 is 1.60 bits per heavy atom. The minimum absolute atomic E-state index is 0.104. The molecule has 1 aromatic heterocycles. The molecule has 0 amide bonds. The van der Waals surface area contributed by atoms with Crippen molar-refractivity contribution in [3.63, 3.8) is 0 Å². The van der Waals surface area contributed by atoms with Gasteiger partial charge in [-0.2, -0.15) is 5.10 Å². The van der Waals surface area contributed by atoms with Crippen LogP contribution in [0.3, 0.4) is 0 Å². The van der Waals surface area contributed by atoms with Gasteiger partial charge in [0.2, 0.25) is 0 Å². The molecule has 2 heterocycles. The molecule has 0 atom stereocenters. The minimum atomic E-state index is -0.104. The minimum Gasteiger partial charge on any atom is -0.383 e. The predicted molar refractivity (Wildman–Crippen MR) is 82.4 cm³/mol. The highest BCUT2D eigenvalue weighted by Gasteiger charge is 2.26. The molecule has 2 rings (SSSR count). The number of methoxy groups -OCH3 is 1. The summed E-state index contributed by atoms with van der Waals surface area (Å²) >= 11 is 3.44. The third kappa shape index (κ3) is 3.21. The van der Waals surface area contributed by atoms with E-state index in [9.17, 15) is 4.79 Å². The van der Waals surface area contributed by atoms with Gasteiger partial charge < -0.3 is 15.0 Å². The lowest BCUT2D eigenvalue weighted by Gasteiger charge is -2.39. The number of hydrogen-bond donors (Lipinski definition) is 1. The van der Waals surface area contributed by atoms with Gasteiger partial charge in [0.15, 0.2) is 0 Å². The number of nitrogens with one attached hydrogen (secondary N) is 1. The lowest BCUT2D eigenvalue weighted by Crippen LogP contribution is -2.58. The van der Waals surface area contributed by atoms with Crippen LogP contribution in [0.4, 0.5) is 5.69 Å². The quantitative estimate of drug-likeness (QED) is 0.794. The normalized spacial score (nSPS) is 15.2. The van der Waals surface area contributed by atoms with E-state index in [1.807, 2.05) is 0 Å². The lowest BCUT2D eigenvalue weighted by atomic mass is 10.1. The van der Waals surface area contributed by atoms with E-state index in [0.29, 0.717) is 23.7 Å². The average molecular weight is 345 g/mol. The van der Waals surface area contributed by atoms with Crippen molar-refractivity contribution in [3.8, 4) is 0 Å². The third-order valence-electron chi connectivity index (χ3n) is 3.45. The zero-order valence-electron chi connectivity index (χ0n) is 11.9. The first-order valence-electron chi connectivity index (χ1n) is 6.91.